The van der Waals surface area contributed by atoms with Crippen molar-refractivity contribution < 1.29 is 13.2 Å². The van der Waals surface area contributed by atoms with E-state index in [0.29, 0.717) is 17.6 Å². The van der Waals surface area contributed by atoms with Crippen LogP contribution in [0.3, 0.4) is 0 Å². The molecule has 0 radical (unpaired) electrons. The van der Waals surface area contributed by atoms with E-state index in [1.54, 1.807) is 17.0 Å². The quantitative estimate of drug-likeness (QED) is 0.735. The monoisotopic (exact) mass is 448 g/mol. The van der Waals surface area contributed by atoms with Crippen molar-refractivity contribution in [3.8, 4) is 0 Å². The molecule has 2 aromatic carbocycles. The van der Waals surface area contributed by atoms with Gasteiger partial charge >= 0.3 is 0 Å². The van der Waals surface area contributed by atoms with Crippen LogP contribution in [0.2, 0.25) is 0 Å². The molecule has 1 heterocycles. The summed E-state index contributed by atoms with van der Waals surface area (Å²) in [5, 5.41) is 0. The Kier molecular flexibility index (Phi) is 6.46. The number of sulfonamides is 1. The summed E-state index contributed by atoms with van der Waals surface area (Å²) in [5.41, 5.74) is 2.43. The Morgan fingerprint density at radius 3 is 2.56 bits per heavy atom. The lowest BCUT2D eigenvalue weighted by Crippen LogP contribution is -2.37. The third-order valence-electron chi connectivity index (χ3n) is 4.44. The highest BCUT2D eigenvalue weighted by Gasteiger charge is 2.19. The van der Waals surface area contributed by atoms with E-state index in [2.05, 4.69) is 38.9 Å². The maximum Gasteiger partial charge on any atom is 0.240 e. The van der Waals surface area contributed by atoms with Crippen LogP contribution in [-0.2, 0) is 14.8 Å². The highest BCUT2D eigenvalue weighted by atomic mass is 79.9. The fraction of sp³-hybridized carbons (Fsp3) is 0.250. The SMILES string of the molecule is O=C(CCNS(=O)(=O)c1cccc(Br)c1)N1CC=C(c2ccccc2)CC1. The topological polar surface area (TPSA) is 66.5 Å². The number of amides is 1. The minimum Gasteiger partial charge on any atom is -0.339 e. The fourth-order valence-corrected chi connectivity index (χ4v) is 4.61. The van der Waals surface area contributed by atoms with Gasteiger partial charge in [0, 0.05) is 30.5 Å². The molecule has 1 aliphatic rings. The Bertz CT molecular complexity index is 943. The second kappa shape index (κ2) is 8.82. The molecule has 7 heteroatoms. The molecule has 0 bridgehead atoms. The number of benzene rings is 2. The van der Waals surface area contributed by atoms with Gasteiger partial charge in [0.15, 0.2) is 0 Å². The molecule has 5 nitrogen and oxygen atoms in total. The maximum absolute atomic E-state index is 12.4. The number of hydrogen-bond donors (Lipinski definition) is 1. The molecule has 0 atom stereocenters. The molecule has 0 unspecified atom stereocenters. The van der Waals surface area contributed by atoms with Gasteiger partial charge in [-0.1, -0.05) is 58.4 Å². The zero-order valence-electron chi connectivity index (χ0n) is 14.8. The van der Waals surface area contributed by atoms with Crippen molar-refractivity contribution in [2.24, 2.45) is 0 Å². The Hall–Kier alpha value is -1.96. The molecule has 1 amide bonds. The normalized spacial score (nSPS) is 14.7. The lowest BCUT2D eigenvalue weighted by atomic mass is 9.99. The summed E-state index contributed by atoms with van der Waals surface area (Å²) in [6.07, 6.45) is 3.02. The third-order valence-corrected chi connectivity index (χ3v) is 6.40. The number of nitrogens with one attached hydrogen (secondary N) is 1. The van der Waals surface area contributed by atoms with Gasteiger partial charge in [-0.25, -0.2) is 13.1 Å². The predicted molar refractivity (Wildman–Crippen MR) is 110 cm³/mol. The van der Waals surface area contributed by atoms with E-state index in [0.717, 1.165) is 6.42 Å². The van der Waals surface area contributed by atoms with E-state index in [1.807, 2.05) is 18.2 Å². The zero-order valence-corrected chi connectivity index (χ0v) is 17.2. The lowest BCUT2D eigenvalue weighted by Gasteiger charge is -2.26. The van der Waals surface area contributed by atoms with Crippen LogP contribution in [0.15, 0.2) is 70.0 Å². The van der Waals surface area contributed by atoms with E-state index >= 15 is 0 Å². The molecule has 0 aliphatic carbocycles. The van der Waals surface area contributed by atoms with Gasteiger partial charge in [0.1, 0.15) is 0 Å². The first-order valence-corrected chi connectivity index (χ1v) is 11.0. The van der Waals surface area contributed by atoms with Crippen LogP contribution >= 0.6 is 15.9 Å². The molecule has 3 rings (SSSR count). The number of carbonyl (C=O) groups is 1. The maximum atomic E-state index is 12.4. The summed E-state index contributed by atoms with van der Waals surface area (Å²) in [6.45, 7) is 1.29. The molecule has 0 fully saturated rings. The smallest absolute Gasteiger partial charge is 0.240 e. The number of hydrogen-bond acceptors (Lipinski definition) is 3. The van der Waals surface area contributed by atoms with Crippen molar-refractivity contribution in [3.05, 3.63) is 70.7 Å². The Labute approximate surface area is 168 Å². The van der Waals surface area contributed by atoms with Crippen molar-refractivity contribution >= 4 is 37.4 Å². The van der Waals surface area contributed by atoms with Gasteiger partial charge in [0.05, 0.1) is 4.90 Å². The summed E-state index contributed by atoms with van der Waals surface area (Å²) in [5.74, 6) is -0.0460. The van der Waals surface area contributed by atoms with Crippen LogP contribution < -0.4 is 4.72 Å². The van der Waals surface area contributed by atoms with Crippen LogP contribution in [0.4, 0.5) is 0 Å². The van der Waals surface area contributed by atoms with Gasteiger partial charge in [-0.05, 0) is 35.8 Å². The molecule has 2 aromatic rings. The van der Waals surface area contributed by atoms with Crippen molar-refractivity contribution in [2.45, 2.75) is 17.7 Å². The zero-order chi connectivity index (χ0) is 19.3. The molecular formula is C20H21BrN2O3S. The van der Waals surface area contributed by atoms with Gasteiger partial charge in [0.25, 0.3) is 0 Å². The molecule has 1 N–H and O–H groups in total. The minimum absolute atomic E-state index is 0.0460. The number of carbonyl (C=O) groups excluding carboxylic acids is 1. The number of halogens is 1. The summed E-state index contributed by atoms with van der Waals surface area (Å²) < 4.78 is 27.7. The summed E-state index contributed by atoms with van der Waals surface area (Å²) in [6, 6.07) is 16.6. The molecular weight excluding hydrogens is 428 g/mol. The van der Waals surface area contributed by atoms with Crippen LogP contribution in [0.1, 0.15) is 18.4 Å². The third kappa shape index (κ3) is 5.28. The van der Waals surface area contributed by atoms with Gasteiger partial charge in [-0.2, -0.15) is 0 Å². The van der Waals surface area contributed by atoms with Gasteiger partial charge in [-0.15, -0.1) is 0 Å². The van der Waals surface area contributed by atoms with E-state index < -0.39 is 10.0 Å². The van der Waals surface area contributed by atoms with Gasteiger partial charge in [0.2, 0.25) is 15.9 Å². The molecule has 27 heavy (non-hydrogen) atoms. The molecule has 142 valence electrons. The first-order chi connectivity index (χ1) is 13.0. The second-order valence-electron chi connectivity index (χ2n) is 6.29. The molecule has 0 saturated heterocycles. The fourth-order valence-electron chi connectivity index (χ4n) is 2.98. The highest BCUT2D eigenvalue weighted by Crippen LogP contribution is 2.22. The van der Waals surface area contributed by atoms with Crippen LogP contribution in [-0.4, -0.2) is 38.9 Å². The van der Waals surface area contributed by atoms with Crippen molar-refractivity contribution in [2.75, 3.05) is 19.6 Å². The van der Waals surface area contributed by atoms with Crippen LogP contribution in [0, 0.1) is 0 Å². The highest BCUT2D eigenvalue weighted by molar-refractivity contribution is 9.10. The number of nitrogens with zero attached hydrogens (tertiary/aromatic N) is 1. The van der Waals surface area contributed by atoms with E-state index in [4.69, 9.17) is 0 Å². The first kappa shape index (κ1) is 19.8. The average molecular weight is 449 g/mol. The molecule has 0 spiro atoms. The van der Waals surface area contributed by atoms with Crippen molar-refractivity contribution in [1.82, 2.24) is 9.62 Å². The summed E-state index contributed by atoms with van der Waals surface area (Å²) in [7, 11) is -3.62. The number of rotatable bonds is 6. The second-order valence-corrected chi connectivity index (χ2v) is 8.97. The van der Waals surface area contributed by atoms with E-state index in [9.17, 15) is 13.2 Å². The summed E-state index contributed by atoms with van der Waals surface area (Å²) in [4.78, 5) is 14.3. The van der Waals surface area contributed by atoms with Gasteiger partial charge in [-0.3, -0.25) is 4.79 Å². The minimum atomic E-state index is -3.62. The van der Waals surface area contributed by atoms with E-state index in [1.165, 1.54) is 23.3 Å². The van der Waals surface area contributed by atoms with Crippen molar-refractivity contribution in [1.29, 1.82) is 0 Å². The standard InChI is InChI=1S/C20H21BrN2O3S/c21-18-7-4-8-19(15-18)27(25,26)22-12-9-20(24)23-13-10-17(11-14-23)16-5-2-1-3-6-16/h1-8,10,15,22H,9,11-14H2. The van der Waals surface area contributed by atoms with Crippen molar-refractivity contribution in [3.63, 3.8) is 0 Å². The van der Waals surface area contributed by atoms with Crippen LogP contribution in [0.25, 0.3) is 5.57 Å². The Morgan fingerprint density at radius 2 is 1.89 bits per heavy atom. The average Bonchev–Trinajstić information content (AvgIpc) is 2.68. The van der Waals surface area contributed by atoms with Gasteiger partial charge < -0.3 is 4.90 Å². The first-order valence-electron chi connectivity index (χ1n) is 8.73. The van der Waals surface area contributed by atoms with E-state index in [-0.39, 0.29) is 23.8 Å². The Balaban J connectivity index is 1.51. The molecule has 1 aliphatic heterocycles. The van der Waals surface area contributed by atoms with Crippen LogP contribution in [0.5, 0.6) is 0 Å². The predicted octanol–water partition coefficient (Wildman–Crippen LogP) is 3.43. The largest absolute Gasteiger partial charge is 0.339 e. The Morgan fingerprint density at radius 1 is 1.11 bits per heavy atom. The molecule has 0 aromatic heterocycles. The summed E-state index contributed by atoms with van der Waals surface area (Å²) >= 11 is 3.26. The lowest BCUT2D eigenvalue weighted by molar-refractivity contribution is -0.130. The molecule has 0 saturated carbocycles.